The van der Waals surface area contributed by atoms with E-state index in [2.05, 4.69) is 4.98 Å². The lowest BCUT2D eigenvalue weighted by Crippen LogP contribution is -2.07. The van der Waals surface area contributed by atoms with Crippen LogP contribution < -0.4 is 0 Å². The highest BCUT2D eigenvalue weighted by atomic mass is 35.5. The van der Waals surface area contributed by atoms with Crippen LogP contribution in [0.5, 0.6) is 0 Å². The number of nitrogens with zero attached hydrogens (tertiary/aromatic N) is 1. The number of nitro benzene ring substituents is 1. The van der Waals surface area contributed by atoms with Gasteiger partial charge < -0.3 is 9.72 Å². The molecule has 1 N–H and O–H groups in total. The van der Waals surface area contributed by atoms with Gasteiger partial charge in [-0.1, -0.05) is 11.6 Å². The van der Waals surface area contributed by atoms with Gasteiger partial charge in [-0.3, -0.25) is 10.1 Å². The van der Waals surface area contributed by atoms with E-state index in [1.165, 1.54) is 18.2 Å². The van der Waals surface area contributed by atoms with E-state index in [4.69, 9.17) is 16.3 Å². The fraction of sp³-hybridized carbons (Fsp3) is 0.154. The van der Waals surface area contributed by atoms with Crippen molar-refractivity contribution in [3.8, 4) is 0 Å². The molecule has 0 saturated heterocycles. The zero-order valence-electron chi connectivity index (χ0n) is 10.6. The maximum atomic E-state index is 11.7. The van der Waals surface area contributed by atoms with Crippen LogP contribution in [-0.4, -0.2) is 15.9 Å². The Morgan fingerprint density at radius 1 is 1.45 bits per heavy atom. The minimum absolute atomic E-state index is 0.134. The zero-order chi connectivity index (χ0) is 14.7. The van der Waals surface area contributed by atoms with Gasteiger partial charge in [0.05, 0.1) is 10.5 Å². The van der Waals surface area contributed by atoms with Crippen LogP contribution in [0.15, 0.2) is 30.5 Å². The maximum absolute atomic E-state index is 11.7. The molecule has 0 radical (unpaired) electrons. The van der Waals surface area contributed by atoms with Crippen molar-refractivity contribution >= 4 is 23.3 Å². The summed E-state index contributed by atoms with van der Waals surface area (Å²) in [5.41, 5.74) is 1.31. The van der Waals surface area contributed by atoms with Gasteiger partial charge in [-0.15, -0.1) is 0 Å². The second-order valence-corrected chi connectivity index (χ2v) is 4.63. The summed E-state index contributed by atoms with van der Waals surface area (Å²) in [5.74, 6) is -0.577. The van der Waals surface area contributed by atoms with E-state index < -0.39 is 10.9 Å². The Morgan fingerprint density at radius 3 is 2.80 bits per heavy atom. The number of ether oxygens (including phenoxy) is 1. The van der Waals surface area contributed by atoms with Crippen molar-refractivity contribution in [3.05, 3.63) is 62.4 Å². The third-order valence-electron chi connectivity index (χ3n) is 2.64. The van der Waals surface area contributed by atoms with Crippen molar-refractivity contribution in [3.63, 3.8) is 0 Å². The fourth-order valence-electron chi connectivity index (χ4n) is 1.69. The Bertz CT molecular complexity index is 666. The summed E-state index contributed by atoms with van der Waals surface area (Å²) in [5, 5.41) is 11.2. The Kier molecular flexibility index (Phi) is 4.05. The molecular formula is C13H11ClN2O4. The van der Waals surface area contributed by atoms with E-state index in [9.17, 15) is 14.9 Å². The number of carbonyl (C=O) groups excluding carboxylic acids is 1. The van der Waals surface area contributed by atoms with Gasteiger partial charge in [-0.25, -0.2) is 4.79 Å². The van der Waals surface area contributed by atoms with E-state index in [0.717, 1.165) is 5.56 Å². The molecule has 0 aliphatic carbocycles. The Labute approximate surface area is 119 Å². The number of carbonyl (C=O) groups is 1. The number of nitrogens with one attached hydrogen (secondary N) is 1. The molecule has 1 aromatic carbocycles. The summed E-state index contributed by atoms with van der Waals surface area (Å²) in [6.07, 6.45) is 1.67. The molecule has 0 amide bonds. The fourth-order valence-corrected chi connectivity index (χ4v) is 1.88. The molecule has 0 aliphatic heterocycles. The van der Waals surface area contributed by atoms with Gasteiger partial charge in [-0.2, -0.15) is 0 Å². The van der Waals surface area contributed by atoms with Crippen molar-refractivity contribution in [1.82, 2.24) is 4.98 Å². The number of hydrogen-bond donors (Lipinski definition) is 1. The van der Waals surface area contributed by atoms with Gasteiger partial charge >= 0.3 is 5.97 Å². The van der Waals surface area contributed by atoms with Crippen LogP contribution in [0.25, 0.3) is 0 Å². The maximum Gasteiger partial charge on any atom is 0.355 e. The molecule has 104 valence electrons. The number of benzene rings is 1. The summed E-state index contributed by atoms with van der Waals surface area (Å²) >= 11 is 5.79. The largest absolute Gasteiger partial charge is 0.456 e. The van der Waals surface area contributed by atoms with Crippen molar-refractivity contribution < 1.29 is 14.5 Å². The second kappa shape index (κ2) is 5.75. The number of aryl methyl sites for hydroxylation is 1. The minimum atomic E-state index is -0.577. The summed E-state index contributed by atoms with van der Waals surface area (Å²) in [6, 6.07) is 5.74. The number of aromatic amines is 1. The van der Waals surface area contributed by atoms with E-state index in [-0.39, 0.29) is 17.9 Å². The lowest BCUT2D eigenvalue weighted by Gasteiger charge is -2.05. The minimum Gasteiger partial charge on any atom is -0.456 e. The third kappa shape index (κ3) is 3.16. The van der Waals surface area contributed by atoms with Gasteiger partial charge in [0.25, 0.3) is 5.69 Å². The molecule has 1 aromatic heterocycles. The molecule has 0 bridgehead atoms. The predicted octanol–water partition coefficient (Wildman–Crippen LogP) is 3.24. The van der Waals surface area contributed by atoms with E-state index in [1.807, 2.05) is 6.92 Å². The number of H-pyrrole nitrogens is 1. The number of esters is 1. The number of halogens is 1. The predicted molar refractivity (Wildman–Crippen MR) is 72.8 cm³/mol. The molecule has 0 unspecified atom stereocenters. The normalized spacial score (nSPS) is 10.3. The van der Waals surface area contributed by atoms with Crippen molar-refractivity contribution in [1.29, 1.82) is 0 Å². The standard InChI is InChI=1S/C13H11ClN2O4/c1-8-4-11(15-6-8)13(17)20-7-9-5-10(14)2-3-12(9)16(18)19/h2-6,15H,7H2,1H3. The molecule has 2 aromatic rings. The average Bonchev–Trinajstić information content (AvgIpc) is 2.82. The molecule has 0 fully saturated rings. The van der Waals surface area contributed by atoms with Crippen molar-refractivity contribution in [2.45, 2.75) is 13.5 Å². The first-order chi connectivity index (χ1) is 9.47. The topological polar surface area (TPSA) is 85.2 Å². The van der Waals surface area contributed by atoms with Crippen LogP contribution in [0.1, 0.15) is 21.6 Å². The summed E-state index contributed by atoms with van der Waals surface area (Å²) in [7, 11) is 0. The zero-order valence-corrected chi connectivity index (χ0v) is 11.3. The SMILES string of the molecule is Cc1c[nH]c(C(=O)OCc2cc(Cl)ccc2[N+](=O)[O-])c1. The van der Waals surface area contributed by atoms with Crippen LogP contribution in [0.3, 0.4) is 0 Å². The summed E-state index contributed by atoms with van der Waals surface area (Å²) in [6.45, 7) is 1.61. The molecule has 1 heterocycles. The van der Waals surface area contributed by atoms with Crippen LogP contribution in [-0.2, 0) is 11.3 Å². The first-order valence-electron chi connectivity index (χ1n) is 5.72. The average molecular weight is 295 g/mol. The van der Waals surface area contributed by atoms with Gasteiger partial charge in [0.15, 0.2) is 0 Å². The van der Waals surface area contributed by atoms with E-state index in [0.29, 0.717) is 10.7 Å². The molecular weight excluding hydrogens is 284 g/mol. The second-order valence-electron chi connectivity index (χ2n) is 4.20. The smallest absolute Gasteiger partial charge is 0.355 e. The molecule has 6 nitrogen and oxygen atoms in total. The van der Waals surface area contributed by atoms with Crippen molar-refractivity contribution in [2.75, 3.05) is 0 Å². The molecule has 0 atom stereocenters. The lowest BCUT2D eigenvalue weighted by atomic mass is 10.2. The number of nitro groups is 1. The van der Waals surface area contributed by atoms with Crippen LogP contribution in [0.4, 0.5) is 5.69 Å². The molecule has 7 heteroatoms. The summed E-state index contributed by atoms with van der Waals surface area (Å²) in [4.78, 5) is 24.8. The van der Waals surface area contributed by atoms with E-state index >= 15 is 0 Å². The lowest BCUT2D eigenvalue weighted by molar-refractivity contribution is -0.385. The van der Waals surface area contributed by atoms with Gasteiger partial charge in [0, 0.05) is 17.3 Å². The number of hydrogen-bond acceptors (Lipinski definition) is 4. The number of aromatic nitrogens is 1. The molecule has 2 rings (SSSR count). The molecule has 0 spiro atoms. The van der Waals surface area contributed by atoms with Crippen LogP contribution in [0.2, 0.25) is 5.02 Å². The summed E-state index contributed by atoms with van der Waals surface area (Å²) < 4.78 is 5.04. The highest BCUT2D eigenvalue weighted by Crippen LogP contribution is 2.23. The third-order valence-corrected chi connectivity index (χ3v) is 2.88. The highest BCUT2D eigenvalue weighted by Gasteiger charge is 2.16. The van der Waals surface area contributed by atoms with Crippen LogP contribution in [0, 0.1) is 17.0 Å². The van der Waals surface area contributed by atoms with E-state index in [1.54, 1.807) is 12.3 Å². The Hall–Kier alpha value is -2.34. The van der Waals surface area contributed by atoms with Gasteiger partial charge in [0.1, 0.15) is 12.3 Å². The molecule has 20 heavy (non-hydrogen) atoms. The quantitative estimate of drug-likeness (QED) is 0.533. The Morgan fingerprint density at radius 2 is 2.20 bits per heavy atom. The van der Waals surface area contributed by atoms with Crippen LogP contribution >= 0.6 is 11.6 Å². The molecule has 0 saturated carbocycles. The Balaban J connectivity index is 2.12. The van der Waals surface area contributed by atoms with Gasteiger partial charge in [-0.05, 0) is 30.7 Å². The highest BCUT2D eigenvalue weighted by molar-refractivity contribution is 6.30. The van der Waals surface area contributed by atoms with Gasteiger partial charge in [0.2, 0.25) is 0 Å². The number of rotatable bonds is 4. The van der Waals surface area contributed by atoms with Crippen molar-refractivity contribution in [2.24, 2.45) is 0 Å². The first-order valence-corrected chi connectivity index (χ1v) is 6.10. The first kappa shape index (κ1) is 14.1. The molecule has 0 aliphatic rings. The monoisotopic (exact) mass is 294 g/mol.